The van der Waals surface area contributed by atoms with E-state index in [-0.39, 0.29) is 17.8 Å². The summed E-state index contributed by atoms with van der Waals surface area (Å²) in [5.41, 5.74) is 4.93. The zero-order valence-corrected chi connectivity index (χ0v) is 13.1. The number of nitrogens with one attached hydrogen (secondary N) is 3. The molecule has 0 unspecified atom stereocenters. The average Bonchev–Trinajstić information content (AvgIpc) is 2.50. The van der Waals surface area contributed by atoms with Crippen LogP contribution in [0.1, 0.15) is 51.8 Å². The topological polar surface area (TPSA) is 122 Å². The SMILES string of the molecule is CCCc1nnc(NNC(=O)NCCCCCC(C)=O)nn1. The minimum Gasteiger partial charge on any atom is -0.337 e. The molecule has 122 valence electrons. The number of unbranched alkanes of at least 4 members (excludes halogenated alkanes) is 2. The first kappa shape index (κ1) is 17.7. The molecule has 0 spiro atoms. The summed E-state index contributed by atoms with van der Waals surface area (Å²) in [6.45, 7) is 4.14. The van der Waals surface area contributed by atoms with Gasteiger partial charge in [-0.15, -0.1) is 20.4 Å². The smallest absolute Gasteiger partial charge is 0.333 e. The van der Waals surface area contributed by atoms with E-state index in [0.717, 1.165) is 32.1 Å². The third kappa shape index (κ3) is 8.08. The van der Waals surface area contributed by atoms with E-state index in [1.54, 1.807) is 6.92 Å². The first-order chi connectivity index (χ1) is 10.6. The monoisotopic (exact) mass is 309 g/mol. The molecule has 1 aromatic rings. The summed E-state index contributed by atoms with van der Waals surface area (Å²) in [5, 5.41) is 18.0. The number of aryl methyl sites for hydroxylation is 1. The average molecular weight is 309 g/mol. The predicted octanol–water partition coefficient (Wildman–Crippen LogP) is 0.995. The van der Waals surface area contributed by atoms with E-state index in [2.05, 4.69) is 36.6 Å². The molecule has 2 amide bonds. The molecule has 1 rings (SSSR count). The van der Waals surface area contributed by atoms with Crippen molar-refractivity contribution >= 4 is 17.8 Å². The van der Waals surface area contributed by atoms with Gasteiger partial charge in [-0.25, -0.2) is 10.2 Å². The molecule has 0 aromatic carbocycles. The molecule has 0 saturated heterocycles. The van der Waals surface area contributed by atoms with Crippen LogP contribution in [-0.2, 0) is 11.2 Å². The van der Waals surface area contributed by atoms with Crippen LogP contribution in [0.4, 0.5) is 10.7 Å². The van der Waals surface area contributed by atoms with Crippen molar-refractivity contribution in [3.05, 3.63) is 5.82 Å². The van der Waals surface area contributed by atoms with Crippen molar-refractivity contribution in [1.29, 1.82) is 0 Å². The summed E-state index contributed by atoms with van der Waals surface area (Å²) < 4.78 is 0. The lowest BCUT2D eigenvalue weighted by Gasteiger charge is -2.08. The first-order valence-corrected chi connectivity index (χ1v) is 7.47. The molecule has 0 atom stereocenters. The van der Waals surface area contributed by atoms with Gasteiger partial charge in [-0.2, -0.15) is 0 Å². The summed E-state index contributed by atoms with van der Waals surface area (Å²) in [4.78, 5) is 22.2. The number of aromatic nitrogens is 4. The van der Waals surface area contributed by atoms with E-state index in [1.807, 2.05) is 6.92 Å². The number of Topliss-reactive ketones (excluding diaryl/α,β-unsaturated/α-hetero) is 1. The molecule has 9 nitrogen and oxygen atoms in total. The number of ketones is 1. The summed E-state index contributed by atoms with van der Waals surface area (Å²) in [6, 6.07) is -0.382. The highest BCUT2D eigenvalue weighted by Gasteiger charge is 2.03. The lowest BCUT2D eigenvalue weighted by molar-refractivity contribution is -0.117. The van der Waals surface area contributed by atoms with Gasteiger partial charge in [0.1, 0.15) is 5.78 Å². The zero-order chi connectivity index (χ0) is 16.2. The Bertz CT molecular complexity index is 464. The maximum absolute atomic E-state index is 11.5. The Morgan fingerprint density at radius 1 is 1.05 bits per heavy atom. The standard InChI is InChI=1S/C13H23N7O2/c1-3-7-11-15-17-12(18-16-11)19-20-13(22)14-9-6-4-5-8-10(2)21/h3-9H2,1-2H3,(H2,14,20,22)(H,17,18,19). The predicted molar refractivity (Wildman–Crippen MR) is 80.9 cm³/mol. The van der Waals surface area contributed by atoms with Crippen LogP contribution >= 0.6 is 0 Å². The summed E-state index contributed by atoms with van der Waals surface area (Å²) >= 11 is 0. The van der Waals surface area contributed by atoms with Crippen LogP contribution in [-0.4, -0.2) is 38.8 Å². The highest BCUT2D eigenvalue weighted by Crippen LogP contribution is 1.99. The van der Waals surface area contributed by atoms with Gasteiger partial charge < -0.3 is 10.1 Å². The molecule has 0 aliphatic carbocycles. The number of amides is 2. The zero-order valence-electron chi connectivity index (χ0n) is 13.1. The van der Waals surface area contributed by atoms with Crippen molar-refractivity contribution in [3.63, 3.8) is 0 Å². The van der Waals surface area contributed by atoms with Gasteiger partial charge in [-0.05, 0) is 26.2 Å². The van der Waals surface area contributed by atoms with Gasteiger partial charge in [-0.1, -0.05) is 13.3 Å². The minimum absolute atomic E-state index is 0.136. The van der Waals surface area contributed by atoms with Crippen LogP contribution in [0.25, 0.3) is 0 Å². The summed E-state index contributed by atoms with van der Waals surface area (Å²) in [5.74, 6) is 0.904. The largest absolute Gasteiger partial charge is 0.337 e. The summed E-state index contributed by atoms with van der Waals surface area (Å²) in [6.07, 6.45) is 4.82. The van der Waals surface area contributed by atoms with Gasteiger partial charge in [-0.3, -0.25) is 5.43 Å². The molecule has 9 heteroatoms. The molecule has 0 fully saturated rings. The molecular weight excluding hydrogens is 286 g/mol. The van der Waals surface area contributed by atoms with Crippen LogP contribution in [0.3, 0.4) is 0 Å². The van der Waals surface area contributed by atoms with Crippen molar-refractivity contribution in [1.82, 2.24) is 31.1 Å². The van der Waals surface area contributed by atoms with E-state index >= 15 is 0 Å². The number of carbonyl (C=O) groups is 2. The second-order valence-corrected chi connectivity index (χ2v) is 4.91. The minimum atomic E-state index is -0.382. The maximum Gasteiger partial charge on any atom is 0.333 e. The van der Waals surface area contributed by atoms with Crippen molar-refractivity contribution in [2.75, 3.05) is 12.0 Å². The quantitative estimate of drug-likeness (QED) is 0.435. The Kier molecular flexibility index (Phi) is 8.39. The molecule has 0 aliphatic rings. The van der Waals surface area contributed by atoms with E-state index in [9.17, 15) is 9.59 Å². The van der Waals surface area contributed by atoms with Crippen molar-refractivity contribution in [2.24, 2.45) is 0 Å². The number of urea groups is 1. The maximum atomic E-state index is 11.5. The van der Waals surface area contributed by atoms with Crippen LogP contribution in [0.5, 0.6) is 0 Å². The van der Waals surface area contributed by atoms with E-state index < -0.39 is 0 Å². The number of hydrazine groups is 1. The number of hydrogen-bond donors (Lipinski definition) is 3. The van der Waals surface area contributed by atoms with Gasteiger partial charge in [0, 0.05) is 19.4 Å². The normalized spacial score (nSPS) is 10.1. The van der Waals surface area contributed by atoms with Gasteiger partial charge >= 0.3 is 6.03 Å². The molecular formula is C13H23N7O2. The molecule has 1 aromatic heterocycles. The van der Waals surface area contributed by atoms with E-state index in [1.165, 1.54) is 0 Å². The van der Waals surface area contributed by atoms with E-state index in [0.29, 0.717) is 18.8 Å². The number of hydrogen-bond acceptors (Lipinski definition) is 7. The van der Waals surface area contributed by atoms with Gasteiger partial charge in [0.2, 0.25) is 0 Å². The number of carbonyl (C=O) groups excluding carboxylic acids is 2. The lowest BCUT2D eigenvalue weighted by Crippen LogP contribution is -2.40. The van der Waals surface area contributed by atoms with E-state index in [4.69, 9.17) is 0 Å². The fourth-order valence-corrected chi connectivity index (χ4v) is 1.66. The third-order valence-corrected chi connectivity index (χ3v) is 2.77. The van der Waals surface area contributed by atoms with Gasteiger partial charge in [0.15, 0.2) is 5.82 Å². The molecule has 0 bridgehead atoms. The fourth-order valence-electron chi connectivity index (χ4n) is 1.66. The molecule has 22 heavy (non-hydrogen) atoms. The fraction of sp³-hybridized carbons (Fsp3) is 0.692. The third-order valence-electron chi connectivity index (χ3n) is 2.77. The second kappa shape index (κ2) is 10.4. The van der Waals surface area contributed by atoms with Crippen LogP contribution < -0.4 is 16.2 Å². The van der Waals surface area contributed by atoms with Crippen LogP contribution in [0.15, 0.2) is 0 Å². The van der Waals surface area contributed by atoms with Crippen molar-refractivity contribution < 1.29 is 9.59 Å². The Morgan fingerprint density at radius 3 is 2.41 bits per heavy atom. The Labute approximate surface area is 129 Å². The van der Waals surface area contributed by atoms with Crippen LogP contribution in [0.2, 0.25) is 0 Å². The number of anilines is 1. The highest BCUT2D eigenvalue weighted by atomic mass is 16.2. The lowest BCUT2D eigenvalue weighted by atomic mass is 10.1. The molecule has 0 aliphatic heterocycles. The van der Waals surface area contributed by atoms with Gasteiger partial charge in [0.25, 0.3) is 5.95 Å². The Morgan fingerprint density at radius 2 is 1.77 bits per heavy atom. The molecule has 0 radical (unpaired) electrons. The number of nitrogens with zero attached hydrogens (tertiary/aromatic N) is 4. The molecule has 0 saturated carbocycles. The molecule has 3 N–H and O–H groups in total. The highest BCUT2D eigenvalue weighted by molar-refractivity contribution is 5.75. The number of rotatable bonds is 10. The first-order valence-electron chi connectivity index (χ1n) is 7.47. The Hall–Kier alpha value is -2.32. The van der Waals surface area contributed by atoms with Gasteiger partial charge in [0.05, 0.1) is 0 Å². The van der Waals surface area contributed by atoms with Crippen molar-refractivity contribution in [2.45, 2.75) is 52.4 Å². The van der Waals surface area contributed by atoms with Crippen molar-refractivity contribution in [3.8, 4) is 0 Å². The van der Waals surface area contributed by atoms with Crippen LogP contribution in [0, 0.1) is 0 Å². The second-order valence-electron chi connectivity index (χ2n) is 4.91. The summed E-state index contributed by atoms with van der Waals surface area (Å²) in [7, 11) is 0. The molecule has 1 heterocycles. The Balaban J connectivity index is 2.11.